The minimum atomic E-state index is -0.0346. The van der Waals surface area contributed by atoms with Gasteiger partial charge in [0.15, 0.2) is 5.11 Å². The molecule has 2 aromatic carbocycles. The lowest BCUT2D eigenvalue weighted by Crippen LogP contribution is -2.29. The number of rotatable bonds is 7. The van der Waals surface area contributed by atoms with E-state index in [1.165, 1.54) is 28.1 Å². The molecule has 5 nitrogen and oxygen atoms in total. The van der Waals surface area contributed by atoms with Gasteiger partial charge in [0, 0.05) is 30.7 Å². The van der Waals surface area contributed by atoms with E-state index in [2.05, 4.69) is 88.2 Å². The SMILES string of the molecule is COc1ccc(CN2C(=S)N[C@@H](c3ccccn3)[C@@H]2c2cc(C)n(Cc3ccccc3)c2C)cc1. The van der Waals surface area contributed by atoms with Crippen LogP contribution in [0.4, 0.5) is 0 Å². The highest BCUT2D eigenvalue weighted by molar-refractivity contribution is 7.80. The molecule has 0 bridgehead atoms. The molecule has 1 fully saturated rings. The molecule has 0 unspecified atom stereocenters. The highest BCUT2D eigenvalue weighted by atomic mass is 32.1. The van der Waals surface area contributed by atoms with E-state index in [1.54, 1.807) is 7.11 Å². The summed E-state index contributed by atoms with van der Waals surface area (Å²) in [7, 11) is 1.69. The molecule has 0 aliphatic carbocycles. The second-order valence-electron chi connectivity index (χ2n) is 9.00. The molecule has 1 aliphatic heterocycles. The zero-order chi connectivity index (χ0) is 24.4. The fourth-order valence-corrected chi connectivity index (χ4v) is 5.28. The van der Waals surface area contributed by atoms with Crippen LogP contribution in [0.5, 0.6) is 5.75 Å². The van der Waals surface area contributed by atoms with E-state index in [0.717, 1.165) is 23.1 Å². The van der Waals surface area contributed by atoms with Crippen LogP contribution in [0.25, 0.3) is 0 Å². The molecule has 3 heterocycles. The van der Waals surface area contributed by atoms with Crippen LogP contribution in [-0.2, 0) is 13.1 Å². The Kier molecular flexibility index (Phi) is 6.55. The first kappa shape index (κ1) is 23.1. The van der Waals surface area contributed by atoms with E-state index >= 15 is 0 Å². The van der Waals surface area contributed by atoms with Crippen molar-refractivity contribution in [2.45, 2.75) is 39.0 Å². The number of nitrogens with zero attached hydrogens (tertiary/aromatic N) is 3. The molecule has 6 heteroatoms. The molecular formula is C29H30N4OS. The maximum absolute atomic E-state index is 5.89. The fourth-order valence-electron chi connectivity index (χ4n) is 4.98. The summed E-state index contributed by atoms with van der Waals surface area (Å²) in [5.74, 6) is 0.850. The number of ether oxygens (including phenoxy) is 1. The normalized spacial score (nSPS) is 17.5. The van der Waals surface area contributed by atoms with Crippen molar-refractivity contribution >= 4 is 17.3 Å². The number of hydrogen-bond donors (Lipinski definition) is 1. The van der Waals surface area contributed by atoms with Gasteiger partial charge in [0.25, 0.3) is 0 Å². The maximum Gasteiger partial charge on any atom is 0.170 e. The van der Waals surface area contributed by atoms with E-state index in [0.29, 0.717) is 6.54 Å². The molecule has 35 heavy (non-hydrogen) atoms. The van der Waals surface area contributed by atoms with Crippen LogP contribution in [0.1, 0.15) is 45.9 Å². The predicted octanol–water partition coefficient (Wildman–Crippen LogP) is 5.73. The van der Waals surface area contributed by atoms with Crippen LogP contribution >= 0.6 is 12.2 Å². The largest absolute Gasteiger partial charge is 0.497 e. The van der Waals surface area contributed by atoms with Gasteiger partial charge in [-0.15, -0.1) is 0 Å². The molecule has 2 atom stereocenters. The summed E-state index contributed by atoms with van der Waals surface area (Å²) in [6.07, 6.45) is 1.85. The smallest absolute Gasteiger partial charge is 0.170 e. The van der Waals surface area contributed by atoms with Gasteiger partial charge in [-0.3, -0.25) is 4.98 Å². The summed E-state index contributed by atoms with van der Waals surface area (Å²) < 4.78 is 7.74. The first-order valence-electron chi connectivity index (χ1n) is 11.9. The van der Waals surface area contributed by atoms with Crippen molar-refractivity contribution in [2.75, 3.05) is 7.11 Å². The molecule has 0 amide bonds. The van der Waals surface area contributed by atoms with Crippen LogP contribution in [0.2, 0.25) is 0 Å². The van der Waals surface area contributed by atoms with Crippen molar-refractivity contribution < 1.29 is 4.74 Å². The first-order valence-corrected chi connectivity index (χ1v) is 12.3. The van der Waals surface area contributed by atoms with Gasteiger partial charge < -0.3 is 19.5 Å². The quantitative estimate of drug-likeness (QED) is 0.341. The minimum Gasteiger partial charge on any atom is -0.497 e. The van der Waals surface area contributed by atoms with E-state index in [9.17, 15) is 0 Å². The van der Waals surface area contributed by atoms with Crippen LogP contribution in [0.15, 0.2) is 85.1 Å². The Bertz CT molecular complexity index is 1300. The molecule has 1 aliphatic rings. The van der Waals surface area contributed by atoms with Crippen LogP contribution < -0.4 is 10.1 Å². The number of nitrogens with one attached hydrogen (secondary N) is 1. The standard InChI is InChI=1S/C29H30N4OS/c1-20-17-25(21(2)32(20)18-22-9-5-4-6-10-22)28-27(26-11-7-8-16-30-26)31-29(35)33(28)19-23-12-14-24(34-3)15-13-23/h4-17,27-28H,18-19H2,1-3H3,(H,31,35)/t27-,28-/m0/s1. The van der Waals surface area contributed by atoms with E-state index in [4.69, 9.17) is 17.0 Å². The lowest BCUT2D eigenvalue weighted by atomic mass is 9.96. The third kappa shape index (κ3) is 4.66. The van der Waals surface area contributed by atoms with Crippen molar-refractivity contribution in [1.29, 1.82) is 0 Å². The third-order valence-corrected chi connectivity index (χ3v) is 7.18. The Morgan fingerprint density at radius 2 is 1.63 bits per heavy atom. The highest BCUT2D eigenvalue weighted by Crippen LogP contribution is 2.41. The number of aryl methyl sites for hydroxylation is 1. The van der Waals surface area contributed by atoms with Gasteiger partial charge in [-0.25, -0.2) is 0 Å². The third-order valence-electron chi connectivity index (χ3n) is 6.82. The van der Waals surface area contributed by atoms with Crippen LogP contribution in [0.3, 0.4) is 0 Å². The molecule has 2 aromatic heterocycles. The lowest BCUT2D eigenvalue weighted by Gasteiger charge is -2.28. The molecule has 5 rings (SSSR count). The zero-order valence-corrected chi connectivity index (χ0v) is 21.1. The number of methoxy groups -OCH3 is 1. The number of hydrogen-bond acceptors (Lipinski definition) is 3. The van der Waals surface area contributed by atoms with Gasteiger partial charge in [0.1, 0.15) is 5.75 Å². The molecule has 0 spiro atoms. The van der Waals surface area contributed by atoms with Gasteiger partial charge >= 0.3 is 0 Å². The average Bonchev–Trinajstić information content (AvgIpc) is 3.36. The van der Waals surface area contributed by atoms with Crippen LogP contribution in [0, 0.1) is 13.8 Å². The summed E-state index contributed by atoms with van der Waals surface area (Å²) in [6.45, 7) is 5.94. The Hall–Kier alpha value is -3.64. The molecule has 0 saturated carbocycles. The number of pyridine rings is 1. The fraction of sp³-hybridized carbons (Fsp3) is 0.241. The average molecular weight is 483 g/mol. The molecular weight excluding hydrogens is 452 g/mol. The van der Waals surface area contributed by atoms with Crippen molar-refractivity contribution in [3.8, 4) is 5.75 Å². The van der Waals surface area contributed by atoms with Gasteiger partial charge in [0.05, 0.1) is 24.9 Å². The predicted molar refractivity (Wildman–Crippen MR) is 143 cm³/mol. The van der Waals surface area contributed by atoms with Crippen molar-refractivity contribution in [3.05, 3.63) is 119 Å². The molecule has 4 aromatic rings. The summed E-state index contributed by atoms with van der Waals surface area (Å²) in [6, 6.07) is 27.2. The lowest BCUT2D eigenvalue weighted by molar-refractivity contribution is 0.309. The van der Waals surface area contributed by atoms with E-state index in [1.807, 2.05) is 30.5 Å². The number of aromatic nitrogens is 2. The maximum atomic E-state index is 5.89. The van der Waals surface area contributed by atoms with Gasteiger partial charge in [-0.1, -0.05) is 48.5 Å². The number of benzene rings is 2. The first-order chi connectivity index (χ1) is 17.0. The Balaban J connectivity index is 1.54. The summed E-state index contributed by atoms with van der Waals surface area (Å²) in [5, 5.41) is 4.32. The second kappa shape index (κ2) is 9.92. The summed E-state index contributed by atoms with van der Waals surface area (Å²) in [4.78, 5) is 6.99. The van der Waals surface area contributed by atoms with Crippen molar-refractivity contribution in [3.63, 3.8) is 0 Å². The van der Waals surface area contributed by atoms with Gasteiger partial charge in [0.2, 0.25) is 0 Å². The Morgan fingerprint density at radius 3 is 2.31 bits per heavy atom. The monoisotopic (exact) mass is 482 g/mol. The van der Waals surface area contributed by atoms with Gasteiger partial charge in [-0.2, -0.15) is 0 Å². The van der Waals surface area contributed by atoms with E-state index < -0.39 is 0 Å². The second-order valence-corrected chi connectivity index (χ2v) is 9.39. The summed E-state index contributed by atoms with van der Waals surface area (Å²) in [5.41, 5.74) is 7.23. The van der Waals surface area contributed by atoms with E-state index in [-0.39, 0.29) is 12.1 Å². The number of thiocarbonyl (C=S) groups is 1. The molecule has 1 saturated heterocycles. The highest BCUT2D eigenvalue weighted by Gasteiger charge is 2.41. The van der Waals surface area contributed by atoms with Gasteiger partial charge in [-0.05, 0) is 73.1 Å². The minimum absolute atomic E-state index is 0.0234. The Labute approximate surface area is 212 Å². The van der Waals surface area contributed by atoms with Crippen LogP contribution in [-0.4, -0.2) is 26.7 Å². The van der Waals surface area contributed by atoms with Crippen molar-refractivity contribution in [1.82, 2.24) is 19.8 Å². The summed E-state index contributed by atoms with van der Waals surface area (Å²) >= 11 is 5.89. The van der Waals surface area contributed by atoms with Crippen molar-refractivity contribution in [2.24, 2.45) is 0 Å². The molecule has 0 radical (unpaired) electrons. The molecule has 1 N–H and O–H groups in total. The Morgan fingerprint density at radius 1 is 0.914 bits per heavy atom. The molecule has 178 valence electrons. The topological polar surface area (TPSA) is 42.3 Å². The zero-order valence-electron chi connectivity index (χ0n) is 20.3.